The van der Waals surface area contributed by atoms with Crippen molar-refractivity contribution in [3.63, 3.8) is 0 Å². The second-order valence-electron chi connectivity index (χ2n) is 5.52. The topological polar surface area (TPSA) is 52.6 Å². The molecule has 0 aliphatic rings. The van der Waals surface area contributed by atoms with Crippen LogP contribution in [0.2, 0.25) is 0 Å². The van der Waals surface area contributed by atoms with Gasteiger partial charge in [0.25, 0.3) is 0 Å². The molecule has 0 amide bonds. The Morgan fingerprint density at radius 1 is 1.18 bits per heavy atom. The molecule has 1 aromatic carbocycles. The maximum Gasteiger partial charge on any atom is 0.331 e. The molecule has 1 rings (SSSR count). The highest BCUT2D eigenvalue weighted by Gasteiger charge is 2.39. The van der Waals surface area contributed by atoms with Gasteiger partial charge in [0.05, 0.1) is 12.0 Å². The molecule has 0 saturated carbocycles. The van der Waals surface area contributed by atoms with E-state index in [0.29, 0.717) is 13.0 Å². The number of hydrogen-bond donors (Lipinski definition) is 0. The lowest BCUT2D eigenvalue weighted by Gasteiger charge is -2.30. The van der Waals surface area contributed by atoms with Crippen molar-refractivity contribution in [3.8, 4) is 0 Å². The largest absolute Gasteiger partial charge is 0.465 e. The van der Waals surface area contributed by atoms with Crippen LogP contribution in [0, 0.1) is 5.41 Å². The molecular formula is C18H24O4. The van der Waals surface area contributed by atoms with Gasteiger partial charge in [-0.05, 0) is 38.8 Å². The van der Waals surface area contributed by atoms with Gasteiger partial charge in [0.1, 0.15) is 6.10 Å². The molecule has 4 heteroatoms. The highest BCUT2D eigenvalue weighted by Crippen LogP contribution is 2.28. The molecule has 1 atom stereocenters. The molecule has 120 valence electrons. The lowest BCUT2D eigenvalue weighted by atomic mass is 9.85. The van der Waals surface area contributed by atoms with E-state index in [-0.39, 0.29) is 5.97 Å². The molecule has 0 aromatic heterocycles. The molecule has 1 unspecified atom stereocenters. The van der Waals surface area contributed by atoms with E-state index in [4.69, 9.17) is 9.47 Å². The highest BCUT2D eigenvalue weighted by molar-refractivity contribution is 5.87. The predicted molar refractivity (Wildman–Crippen MR) is 86.1 cm³/mol. The summed E-state index contributed by atoms with van der Waals surface area (Å²) in [6.45, 7) is 7.39. The molecule has 0 aliphatic heterocycles. The van der Waals surface area contributed by atoms with Crippen LogP contribution in [-0.4, -0.2) is 24.6 Å². The van der Waals surface area contributed by atoms with E-state index in [9.17, 15) is 9.59 Å². The normalized spacial score (nSPS) is 12.9. The first kappa shape index (κ1) is 18.0. The summed E-state index contributed by atoms with van der Waals surface area (Å²) in [4.78, 5) is 23.9. The summed E-state index contributed by atoms with van der Waals surface area (Å²) in [7, 11) is 0. The van der Waals surface area contributed by atoms with Crippen LogP contribution in [0.25, 0.3) is 6.08 Å². The van der Waals surface area contributed by atoms with Crippen molar-refractivity contribution in [3.05, 3.63) is 42.0 Å². The number of ether oxygens (including phenoxy) is 2. The predicted octanol–water partition coefficient (Wildman–Crippen LogP) is 3.61. The van der Waals surface area contributed by atoms with Gasteiger partial charge in [0.15, 0.2) is 0 Å². The van der Waals surface area contributed by atoms with Crippen LogP contribution in [0.3, 0.4) is 0 Å². The van der Waals surface area contributed by atoms with E-state index in [0.717, 1.165) is 5.56 Å². The summed E-state index contributed by atoms with van der Waals surface area (Å²) in [5.74, 6) is -0.824. The van der Waals surface area contributed by atoms with Gasteiger partial charge in [-0.2, -0.15) is 0 Å². The molecular weight excluding hydrogens is 280 g/mol. The van der Waals surface area contributed by atoms with E-state index < -0.39 is 17.5 Å². The van der Waals surface area contributed by atoms with Crippen LogP contribution >= 0.6 is 0 Å². The van der Waals surface area contributed by atoms with E-state index in [1.807, 2.05) is 37.3 Å². The third kappa shape index (κ3) is 5.02. The van der Waals surface area contributed by atoms with E-state index in [2.05, 4.69) is 0 Å². The molecule has 0 N–H and O–H groups in total. The van der Waals surface area contributed by atoms with Crippen molar-refractivity contribution in [1.29, 1.82) is 0 Å². The third-order valence-electron chi connectivity index (χ3n) is 3.45. The summed E-state index contributed by atoms with van der Waals surface area (Å²) < 4.78 is 10.5. The Labute approximate surface area is 132 Å². The summed E-state index contributed by atoms with van der Waals surface area (Å²) in [6.07, 6.45) is 3.07. The van der Waals surface area contributed by atoms with Gasteiger partial charge < -0.3 is 9.47 Å². The van der Waals surface area contributed by atoms with Gasteiger partial charge in [-0.1, -0.05) is 37.3 Å². The zero-order chi connectivity index (χ0) is 16.6. The molecule has 0 fully saturated rings. The maximum absolute atomic E-state index is 12.0. The summed E-state index contributed by atoms with van der Waals surface area (Å²) in [6, 6.07) is 9.48. The van der Waals surface area contributed by atoms with E-state index >= 15 is 0 Å². The van der Waals surface area contributed by atoms with Crippen LogP contribution in [0.1, 0.15) is 39.7 Å². The zero-order valence-electron chi connectivity index (χ0n) is 13.7. The zero-order valence-corrected chi connectivity index (χ0v) is 13.7. The summed E-state index contributed by atoms with van der Waals surface area (Å²) in [5, 5.41) is 0. The monoisotopic (exact) mass is 304 g/mol. The lowest BCUT2D eigenvalue weighted by molar-refractivity contribution is -0.167. The minimum atomic E-state index is -0.874. The Kier molecular flexibility index (Phi) is 6.83. The highest BCUT2D eigenvalue weighted by atomic mass is 16.6. The molecule has 22 heavy (non-hydrogen) atoms. The van der Waals surface area contributed by atoms with Crippen molar-refractivity contribution in [2.75, 3.05) is 6.61 Å². The van der Waals surface area contributed by atoms with Gasteiger partial charge in [-0.3, -0.25) is 4.79 Å². The van der Waals surface area contributed by atoms with Crippen molar-refractivity contribution in [2.45, 2.75) is 40.2 Å². The quantitative estimate of drug-likeness (QED) is 0.570. The van der Waals surface area contributed by atoms with E-state index in [1.54, 1.807) is 26.8 Å². The third-order valence-corrected chi connectivity index (χ3v) is 3.45. The molecule has 0 bridgehead atoms. The minimum absolute atomic E-state index is 0.306. The van der Waals surface area contributed by atoms with Crippen LogP contribution < -0.4 is 0 Å². The van der Waals surface area contributed by atoms with Crippen LogP contribution in [0.15, 0.2) is 36.4 Å². The van der Waals surface area contributed by atoms with Crippen LogP contribution in [-0.2, 0) is 19.1 Å². The Hall–Kier alpha value is -2.10. The summed E-state index contributed by atoms with van der Waals surface area (Å²) >= 11 is 0. The Morgan fingerprint density at radius 2 is 1.82 bits per heavy atom. The molecule has 0 radical (unpaired) electrons. The first-order valence-electron chi connectivity index (χ1n) is 7.52. The Balaban J connectivity index is 2.71. The average Bonchev–Trinajstić information content (AvgIpc) is 2.51. The van der Waals surface area contributed by atoms with Gasteiger partial charge in [0.2, 0.25) is 0 Å². The second-order valence-corrected chi connectivity index (χ2v) is 5.52. The number of benzene rings is 1. The molecule has 0 aliphatic carbocycles. The van der Waals surface area contributed by atoms with Crippen LogP contribution in [0.4, 0.5) is 0 Å². The molecule has 1 aromatic rings. The van der Waals surface area contributed by atoms with E-state index in [1.165, 1.54) is 6.08 Å². The number of rotatable bonds is 7. The smallest absolute Gasteiger partial charge is 0.331 e. The fraction of sp³-hybridized carbons (Fsp3) is 0.444. The molecule has 0 heterocycles. The first-order chi connectivity index (χ1) is 10.4. The van der Waals surface area contributed by atoms with Crippen molar-refractivity contribution in [2.24, 2.45) is 5.41 Å². The number of esters is 2. The first-order valence-corrected chi connectivity index (χ1v) is 7.52. The molecule has 0 saturated heterocycles. The summed E-state index contributed by atoms with van der Waals surface area (Å²) in [5.41, 5.74) is 0.0400. The fourth-order valence-electron chi connectivity index (χ4n) is 2.10. The van der Waals surface area contributed by atoms with Crippen LogP contribution in [0.5, 0.6) is 0 Å². The minimum Gasteiger partial charge on any atom is -0.465 e. The number of carbonyl (C=O) groups excluding carboxylic acids is 2. The van der Waals surface area contributed by atoms with Crippen molar-refractivity contribution in [1.82, 2.24) is 0 Å². The van der Waals surface area contributed by atoms with Crippen molar-refractivity contribution >= 4 is 18.0 Å². The Morgan fingerprint density at radius 3 is 2.36 bits per heavy atom. The van der Waals surface area contributed by atoms with Gasteiger partial charge >= 0.3 is 11.9 Å². The number of hydrogen-bond acceptors (Lipinski definition) is 4. The average molecular weight is 304 g/mol. The standard InChI is InChI=1S/C18H24O4/c1-5-15(18(3,4)17(20)21-6-2)22-16(19)13-12-14-10-8-7-9-11-14/h7-13,15H,5-6H2,1-4H3/b13-12+. The molecule has 0 spiro atoms. The van der Waals surface area contributed by atoms with Crippen molar-refractivity contribution < 1.29 is 19.1 Å². The second kappa shape index (κ2) is 8.37. The fourth-order valence-corrected chi connectivity index (χ4v) is 2.10. The molecule has 4 nitrogen and oxygen atoms in total. The van der Waals surface area contributed by atoms with Gasteiger partial charge in [-0.25, -0.2) is 4.79 Å². The van der Waals surface area contributed by atoms with Gasteiger partial charge in [0, 0.05) is 6.08 Å². The van der Waals surface area contributed by atoms with Gasteiger partial charge in [-0.15, -0.1) is 0 Å². The lowest BCUT2D eigenvalue weighted by Crippen LogP contribution is -2.41. The number of carbonyl (C=O) groups is 2. The maximum atomic E-state index is 12.0. The Bertz CT molecular complexity index is 517. The SMILES string of the molecule is CCOC(=O)C(C)(C)C(CC)OC(=O)/C=C/c1ccccc1.